The van der Waals surface area contributed by atoms with E-state index in [1.54, 1.807) is 24.3 Å². The minimum Gasteiger partial charge on any atom is -0.438 e. The van der Waals surface area contributed by atoms with Gasteiger partial charge < -0.3 is 15.8 Å². The maximum absolute atomic E-state index is 5.87. The summed E-state index contributed by atoms with van der Waals surface area (Å²) in [6.45, 7) is 2.70. The molecule has 0 aliphatic carbocycles. The fourth-order valence-corrected chi connectivity index (χ4v) is 2.20. The topological polar surface area (TPSA) is 73.1 Å². The van der Waals surface area contributed by atoms with E-state index in [-0.39, 0.29) is 5.95 Å². The van der Waals surface area contributed by atoms with Gasteiger partial charge >= 0.3 is 0 Å². The summed E-state index contributed by atoms with van der Waals surface area (Å²) in [6, 6.07) is 6.91. The van der Waals surface area contributed by atoms with Gasteiger partial charge in [0.1, 0.15) is 11.6 Å². The predicted octanol–water partition coefficient (Wildman–Crippen LogP) is 3.70. The summed E-state index contributed by atoms with van der Waals surface area (Å²) in [5.41, 5.74) is 5.63. The summed E-state index contributed by atoms with van der Waals surface area (Å²) in [6.07, 6.45) is 0. The van der Waals surface area contributed by atoms with Crippen LogP contribution < -0.4 is 15.8 Å². The standard InChI is InChI=1S/C12H12BrClN4O/c1-2-16-10-6-11(18-12(15)17-10)19-9-4-3-7(14)5-8(9)13/h3-6H,2H2,1H3,(H3,15,16,17,18). The molecule has 5 nitrogen and oxygen atoms in total. The Labute approximate surface area is 124 Å². The first-order chi connectivity index (χ1) is 9.08. The monoisotopic (exact) mass is 342 g/mol. The lowest BCUT2D eigenvalue weighted by molar-refractivity contribution is 0.460. The second kappa shape index (κ2) is 6.08. The average molecular weight is 344 g/mol. The molecule has 0 bridgehead atoms. The van der Waals surface area contributed by atoms with Gasteiger partial charge in [-0.2, -0.15) is 9.97 Å². The SMILES string of the molecule is CCNc1cc(Oc2ccc(Cl)cc2Br)nc(N)n1. The molecule has 1 aromatic carbocycles. The second-order valence-corrected chi connectivity index (χ2v) is 4.95. The average Bonchev–Trinajstić information content (AvgIpc) is 2.32. The first kappa shape index (κ1) is 13.9. The van der Waals surface area contributed by atoms with E-state index < -0.39 is 0 Å². The maximum Gasteiger partial charge on any atom is 0.226 e. The quantitative estimate of drug-likeness (QED) is 0.885. The Hall–Kier alpha value is -1.53. The summed E-state index contributed by atoms with van der Waals surface area (Å²) in [4.78, 5) is 8.07. The Balaban J connectivity index is 2.27. The number of hydrogen-bond acceptors (Lipinski definition) is 5. The number of nitrogens with one attached hydrogen (secondary N) is 1. The van der Waals surface area contributed by atoms with E-state index in [4.69, 9.17) is 22.1 Å². The maximum atomic E-state index is 5.87. The number of benzene rings is 1. The Bertz CT molecular complexity index is 594. The summed E-state index contributed by atoms with van der Waals surface area (Å²) >= 11 is 9.24. The molecule has 1 aromatic heterocycles. The van der Waals surface area contributed by atoms with Crippen LogP contribution in [0.15, 0.2) is 28.7 Å². The summed E-state index contributed by atoms with van der Waals surface area (Å²) in [7, 11) is 0. The van der Waals surface area contributed by atoms with Crippen LogP contribution in [0.1, 0.15) is 6.92 Å². The fraction of sp³-hybridized carbons (Fsp3) is 0.167. The van der Waals surface area contributed by atoms with Crippen LogP contribution in [-0.2, 0) is 0 Å². The van der Waals surface area contributed by atoms with Crippen molar-refractivity contribution in [1.82, 2.24) is 9.97 Å². The Morgan fingerprint density at radius 1 is 1.37 bits per heavy atom. The number of ether oxygens (including phenoxy) is 1. The van der Waals surface area contributed by atoms with Crippen molar-refractivity contribution < 1.29 is 4.74 Å². The first-order valence-electron chi connectivity index (χ1n) is 5.60. The molecule has 2 aromatic rings. The minimum atomic E-state index is 0.151. The molecule has 0 amide bonds. The van der Waals surface area contributed by atoms with Crippen LogP contribution in [0, 0.1) is 0 Å². The van der Waals surface area contributed by atoms with Gasteiger partial charge in [-0.15, -0.1) is 0 Å². The molecular weight excluding hydrogens is 332 g/mol. The normalized spacial score (nSPS) is 10.3. The Kier molecular flexibility index (Phi) is 4.44. The van der Waals surface area contributed by atoms with Gasteiger partial charge in [-0.3, -0.25) is 0 Å². The molecule has 0 aliphatic heterocycles. The van der Waals surface area contributed by atoms with E-state index in [2.05, 4.69) is 31.2 Å². The lowest BCUT2D eigenvalue weighted by Gasteiger charge is -2.09. The Morgan fingerprint density at radius 2 is 2.16 bits per heavy atom. The third-order valence-electron chi connectivity index (χ3n) is 2.19. The van der Waals surface area contributed by atoms with Gasteiger partial charge in [0.2, 0.25) is 11.8 Å². The van der Waals surface area contributed by atoms with Crippen molar-refractivity contribution in [2.24, 2.45) is 0 Å². The van der Waals surface area contributed by atoms with Crippen molar-refractivity contribution in [3.8, 4) is 11.6 Å². The van der Waals surface area contributed by atoms with Crippen molar-refractivity contribution in [1.29, 1.82) is 0 Å². The molecule has 3 N–H and O–H groups in total. The van der Waals surface area contributed by atoms with Crippen LogP contribution in [0.3, 0.4) is 0 Å². The molecule has 19 heavy (non-hydrogen) atoms. The van der Waals surface area contributed by atoms with E-state index in [1.165, 1.54) is 0 Å². The van der Waals surface area contributed by atoms with E-state index in [0.717, 1.165) is 11.0 Å². The van der Waals surface area contributed by atoms with Crippen LogP contribution in [0.4, 0.5) is 11.8 Å². The van der Waals surface area contributed by atoms with Crippen molar-refractivity contribution in [3.63, 3.8) is 0 Å². The molecule has 0 fully saturated rings. The van der Waals surface area contributed by atoms with Gasteiger partial charge in [0.15, 0.2) is 0 Å². The third-order valence-corrected chi connectivity index (χ3v) is 3.04. The molecule has 100 valence electrons. The molecule has 0 saturated heterocycles. The van der Waals surface area contributed by atoms with E-state index in [0.29, 0.717) is 22.5 Å². The van der Waals surface area contributed by atoms with Crippen molar-refractivity contribution in [3.05, 3.63) is 33.8 Å². The lowest BCUT2D eigenvalue weighted by atomic mass is 10.3. The van der Waals surface area contributed by atoms with Gasteiger partial charge in [-0.05, 0) is 41.1 Å². The number of anilines is 2. The summed E-state index contributed by atoms with van der Waals surface area (Å²) in [5.74, 6) is 1.74. The second-order valence-electron chi connectivity index (χ2n) is 3.66. The highest BCUT2D eigenvalue weighted by atomic mass is 79.9. The minimum absolute atomic E-state index is 0.151. The zero-order valence-corrected chi connectivity index (χ0v) is 12.5. The lowest BCUT2D eigenvalue weighted by Crippen LogP contribution is -2.04. The number of hydrogen-bond donors (Lipinski definition) is 2. The van der Waals surface area contributed by atoms with Gasteiger partial charge in [0.05, 0.1) is 4.47 Å². The summed E-state index contributed by atoms with van der Waals surface area (Å²) < 4.78 is 6.39. The molecule has 0 atom stereocenters. The smallest absolute Gasteiger partial charge is 0.226 e. The molecule has 0 radical (unpaired) electrons. The van der Waals surface area contributed by atoms with E-state index in [9.17, 15) is 0 Å². The number of nitrogens with two attached hydrogens (primary N) is 1. The van der Waals surface area contributed by atoms with Crippen LogP contribution in [0.2, 0.25) is 5.02 Å². The molecule has 1 heterocycles. The van der Waals surface area contributed by atoms with Crippen LogP contribution in [0.25, 0.3) is 0 Å². The van der Waals surface area contributed by atoms with Crippen molar-refractivity contribution >= 4 is 39.3 Å². The van der Waals surface area contributed by atoms with Gasteiger partial charge in [0.25, 0.3) is 0 Å². The molecule has 2 rings (SSSR count). The molecule has 0 spiro atoms. The van der Waals surface area contributed by atoms with Crippen LogP contribution >= 0.6 is 27.5 Å². The molecule has 0 unspecified atom stereocenters. The van der Waals surface area contributed by atoms with Gasteiger partial charge in [-0.25, -0.2) is 0 Å². The number of aromatic nitrogens is 2. The van der Waals surface area contributed by atoms with Gasteiger partial charge in [-0.1, -0.05) is 11.6 Å². The highest BCUT2D eigenvalue weighted by Crippen LogP contribution is 2.31. The van der Waals surface area contributed by atoms with Crippen molar-refractivity contribution in [2.75, 3.05) is 17.6 Å². The highest BCUT2D eigenvalue weighted by molar-refractivity contribution is 9.10. The number of halogens is 2. The largest absolute Gasteiger partial charge is 0.438 e. The third kappa shape index (κ3) is 3.71. The molecule has 7 heteroatoms. The Morgan fingerprint density at radius 3 is 2.84 bits per heavy atom. The first-order valence-corrected chi connectivity index (χ1v) is 6.77. The molecular formula is C12H12BrClN4O. The van der Waals surface area contributed by atoms with Crippen LogP contribution in [0.5, 0.6) is 11.6 Å². The number of rotatable bonds is 4. The fourth-order valence-electron chi connectivity index (χ4n) is 1.44. The van der Waals surface area contributed by atoms with Crippen molar-refractivity contribution in [2.45, 2.75) is 6.92 Å². The molecule has 0 saturated carbocycles. The zero-order valence-electron chi connectivity index (χ0n) is 10.2. The van der Waals surface area contributed by atoms with E-state index >= 15 is 0 Å². The summed E-state index contributed by atoms with van der Waals surface area (Å²) in [5, 5.41) is 3.67. The van der Waals surface area contributed by atoms with Crippen LogP contribution in [-0.4, -0.2) is 16.5 Å². The zero-order chi connectivity index (χ0) is 13.8. The number of nitrogen functional groups attached to an aromatic ring is 1. The predicted molar refractivity (Wildman–Crippen MR) is 79.8 cm³/mol. The van der Waals surface area contributed by atoms with Gasteiger partial charge in [0, 0.05) is 17.6 Å². The van der Waals surface area contributed by atoms with E-state index in [1.807, 2.05) is 6.92 Å². The molecule has 0 aliphatic rings. The number of nitrogens with zero attached hydrogens (tertiary/aromatic N) is 2. The highest BCUT2D eigenvalue weighted by Gasteiger charge is 2.07.